The van der Waals surface area contributed by atoms with E-state index in [4.69, 9.17) is 5.73 Å². The van der Waals surface area contributed by atoms with Gasteiger partial charge >= 0.3 is 6.03 Å². The highest BCUT2D eigenvalue weighted by molar-refractivity contribution is 5.73. The number of rotatable bonds is 3. The first-order valence-corrected chi connectivity index (χ1v) is 5.17. The summed E-state index contributed by atoms with van der Waals surface area (Å²) in [6.07, 6.45) is 1.04. The molecular formula is C9H20N4O. The fourth-order valence-corrected chi connectivity index (χ4v) is 1.65. The molecule has 1 heterocycles. The molecule has 0 radical (unpaired) electrons. The zero-order chi connectivity index (χ0) is 10.4. The van der Waals surface area contributed by atoms with Crippen molar-refractivity contribution in [3.63, 3.8) is 0 Å². The second-order valence-electron chi connectivity index (χ2n) is 3.53. The summed E-state index contributed by atoms with van der Waals surface area (Å²) in [5, 5.41) is 2.64. The lowest BCUT2D eigenvalue weighted by molar-refractivity contribution is 0.140. The summed E-state index contributed by atoms with van der Waals surface area (Å²) in [6.45, 7) is 5.38. The lowest BCUT2D eigenvalue weighted by atomic mass is 10.3. The maximum Gasteiger partial charge on any atom is 0.317 e. The summed E-state index contributed by atoms with van der Waals surface area (Å²) in [4.78, 5) is 15.5. The molecular weight excluding hydrogens is 180 g/mol. The Bertz CT molecular complexity index is 178. The van der Waals surface area contributed by atoms with Crippen LogP contribution in [0.25, 0.3) is 0 Å². The third-order valence-electron chi connectivity index (χ3n) is 2.55. The molecule has 0 aromatic rings. The predicted molar refractivity (Wildman–Crippen MR) is 56.1 cm³/mol. The zero-order valence-corrected chi connectivity index (χ0v) is 8.83. The van der Waals surface area contributed by atoms with Gasteiger partial charge in [-0.05, 0) is 19.5 Å². The molecule has 2 amide bonds. The monoisotopic (exact) mass is 200 g/mol. The van der Waals surface area contributed by atoms with Gasteiger partial charge in [0.1, 0.15) is 0 Å². The number of piperazine rings is 1. The standard InChI is InChI=1S/C9H20N4O/c1-11-9(14)13-7-5-12(6-8-13)4-2-3-10/h2-8,10H2,1H3,(H,11,14). The van der Waals surface area contributed by atoms with Crippen molar-refractivity contribution in [2.45, 2.75) is 6.42 Å². The average molecular weight is 200 g/mol. The van der Waals surface area contributed by atoms with Gasteiger partial charge in [-0.2, -0.15) is 0 Å². The lowest BCUT2D eigenvalue weighted by Crippen LogP contribution is -2.51. The van der Waals surface area contributed by atoms with Crippen LogP contribution in [-0.4, -0.2) is 62.1 Å². The Balaban J connectivity index is 2.20. The van der Waals surface area contributed by atoms with Crippen LogP contribution in [0, 0.1) is 0 Å². The Kier molecular flexibility index (Phi) is 4.69. The van der Waals surface area contributed by atoms with Gasteiger partial charge in [0.25, 0.3) is 0 Å². The molecule has 0 aromatic heterocycles. The SMILES string of the molecule is CNC(=O)N1CCN(CCCN)CC1. The number of hydrogen-bond donors (Lipinski definition) is 2. The number of nitrogens with two attached hydrogens (primary N) is 1. The molecule has 14 heavy (non-hydrogen) atoms. The van der Waals surface area contributed by atoms with E-state index in [9.17, 15) is 4.79 Å². The Labute approximate surface area is 85.2 Å². The van der Waals surface area contributed by atoms with Gasteiger partial charge in [-0.1, -0.05) is 0 Å². The molecule has 0 atom stereocenters. The van der Waals surface area contributed by atoms with E-state index in [1.807, 2.05) is 4.90 Å². The highest BCUT2D eigenvalue weighted by atomic mass is 16.2. The molecule has 0 unspecified atom stereocenters. The number of carbonyl (C=O) groups is 1. The largest absolute Gasteiger partial charge is 0.341 e. The first-order chi connectivity index (χ1) is 6.77. The molecule has 0 aromatic carbocycles. The fraction of sp³-hybridized carbons (Fsp3) is 0.889. The van der Waals surface area contributed by atoms with E-state index in [0.717, 1.165) is 45.7 Å². The number of hydrogen-bond acceptors (Lipinski definition) is 3. The van der Waals surface area contributed by atoms with Crippen molar-refractivity contribution in [1.82, 2.24) is 15.1 Å². The van der Waals surface area contributed by atoms with Gasteiger partial charge in [0.2, 0.25) is 0 Å². The third kappa shape index (κ3) is 3.16. The minimum atomic E-state index is 0.0310. The molecule has 1 rings (SSSR count). The van der Waals surface area contributed by atoms with Crippen molar-refractivity contribution in [2.24, 2.45) is 5.73 Å². The summed E-state index contributed by atoms with van der Waals surface area (Å²) in [6, 6.07) is 0.0310. The van der Waals surface area contributed by atoms with Crippen LogP contribution >= 0.6 is 0 Å². The van der Waals surface area contributed by atoms with Gasteiger partial charge < -0.3 is 16.0 Å². The van der Waals surface area contributed by atoms with Gasteiger partial charge in [-0.3, -0.25) is 4.90 Å². The second-order valence-corrected chi connectivity index (χ2v) is 3.53. The van der Waals surface area contributed by atoms with Crippen LogP contribution in [0.2, 0.25) is 0 Å². The predicted octanol–water partition coefficient (Wildman–Crippen LogP) is -0.708. The van der Waals surface area contributed by atoms with E-state index in [2.05, 4.69) is 10.2 Å². The smallest absolute Gasteiger partial charge is 0.317 e. The summed E-state index contributed by atoms with van der Waals surface area (Å²) in [7, 11) is 1.67. The Morgan fingerprint density at radius 1 is 1.36 bits per heavy atom. The molecule has 3 N–H and O–H groups in total. The van der Waals surface area contributed by atoms with Crippen molar-refractivity contribution in [1.29, 1.82) is 0 Å². The van der Waals surface area contributed by atoms with E-state index in [-0.39, 0.29) is 6.03 Å². The molecule has 1 saturated heterocycles. The maximum atomic E-state index is 11.3. The Morgan fingerprint density at radius 2 is 2.00 bits per heavy atom. The molecule has 5 heteroatoms. The van der Waals surface area contributed by atoms with Crippen molar-refractivity contribution < 1.29 is 4.79 Å². The van der Waals surface area contributed by atoms with Gasteiger partial charge in [-0.25, -0.2) is 4.79 Å². The number of amides is 2. The summed E-state index contributed by atoms with van der Waals surface area (Å²) in [5.74, 6) is 0. The number of carbonyl (C=O) groups excluding carboxylic acids is 1. The van der Waals surface area contributed by atoms with Gasteiger partial charge in [0, 0.05) is 33.2 Å². The van der Waals surface area contributed by atoms with Gasteiger partial charge in [0.15, 0.2) is 0 Å². The van der Waals surface area contributed by atoms with E-state index in [1.54, 1.807) is 7.05 Å². The van der Waals surface area contributed by atoms with Crippen LogP contribution in [0.1, 0.15) is 6.42 Å². The molecule has 5 nitrogen and oxygen atoms in total. The van der Waals surface area contributed by atoms with Crippen molar-refractivity contribution in [2.75, 3.05) is 46.3 Å². The minimum Gasteiger partial charge on any atom is -0.341 e. The molecule has 1 fully saturated rings. The van der Waals surface area contributed by atoms with Crippen molar-refractivity contribution in [3.05, 3.63) is 0 Å². The van der Waals surface area contributed by atoms with Gasteiger partial charge in [-0.15, -0.1) is 0 Å². The zero-order valence-electron chi connectivity index (χ0n) is 8.83. The highest BCUT2D eigenvalue weighted by Crippen LogP contribution is 2.01. The van der Waals surface area contributed by atoms with Crippen LogP contribution in [0.3, 0.4) is 0 Å². The van der Waals surface area contributed by atoms with Crippen LogP contribution in [-0.2, 0) is 0 Å². The molecule has 1 aliphatic heterocycles. The first kappa shape index (κ1) is 11.3. The topological polar surface area (TPSA) is 61.6 Å². The highest BCUT2D eigenvalue weighted by Gasteiger charge is 2.19. The number of nitrogens with one attached hydrogen (secondary N) is 1. The van der Waals surface area contributed by atoms with E-state index >= 15 is 0 Å². The quantitative estimate of drug-likeness (QED) is 0.633. The number of urea groups is 1. The fourth-order valence-electron chi connectivity index (χ4n) is 1.65. The second kappa shape index (κ2) is 5.82. The van der Waals surface area contributed by atoms with Gasteiger partial charge in [0.05, 0.1) is 0 Å². The lowest BCUT2D eigenvalue weighted by Gasteiger charge is -2.34. The normalized spacial score (nSPS) is 18.3. The average Bonchev–Trinajstić information content (AvgIpc) is 2.26. The Hall–Kier alpha value is -0.810. The van der Waals surface area contributed by atoms with E-state index in [1.165, 1.54) is 0 Å². The number of nitrogens with zero attached hydrogens (tertiary/aromatic N) is 2. The minimum absolute atomic E-state index is 0.0310. The molecule has 0 spiro atoms. The van der Waals surface area contributed by atoms with E-state index < -0.39 is 0 Å². The summed E-state index contributed by atoms with van der Waals surface area (Å²) < 4.78 is 0. The first-order valence-electron chi connectivity index (χ1n) is 5.17. The van der Waals surface area contributed by atoms with E-state index in [0.29, 0.717) is 0 Å². The van der Waals surface area contributed by atoms with Crippen LogP contribution in [0.5, 0.6) is 0 Å². The molecule has 0 aliphatic carbocycles. The summed E-state index contributed by atoms with van der Waals surface area (Å²) in [5.41, 5.74) is 5.44. The van der Waals surface area contributed by atoms with Crippen molar-refractivity contribution in [3.8, 4) is 0 Å². The third-order valence-corrected chi connectivity index (χ3v) is 2.55. The molecule has 0 saturated carbocycles. The summed E-state index contributed by atoms with van der Waals surface area (Å²) >= 11 is 0. The Morgan fingerprint density at radius 3 is 2.50 bits per heavy atom. The maximum absolute atomic E-state index is 11.3. The van der Waals surface area contributed by atoms with Crippen LogP contribution in [0.15, 0.2) is 0 Å². The van der Waals surface area contributed by atoms with Crippen LogP contribution < -0.4 is 11.1 Å². The van der Waals surface area contributed by atoms with Crippen molar-refractivity contribution >= 4 is 6.03 Å². The molecule has 82 valence electrons. The van der Waals surface area contributed by atoms with Crippen LogP contribution in [0.4, 0.5) is 4.79 Å². The molecule has 0 bridgehead atoms. The molecule has 1 aliphatic rings.